The summed E-state index contributed by atoms with van der Waals surface area (Å²) >= 11 is 5.77. The lowest BCUT2D eigenvalue weighted by molar-refractivity contribution is -0.138. The number of halogens is 1. The van der Waals surface area contributed by atoms with Crippen LogP contribution in [0, 0.1) is 0 Å². The maximum absolute atomic E-state index is 12.1. The average Bonchev–Trinajstić information content (AvgIpc) is 2.60. The number of sulfonamides is 1. The molecule has 0 unspecified atom stereocenters. The van der Waals surface area contributed by atoms with Crippen LogP contribution >= 0.6 is 11.6 Å². The van der Waals surface area contributed by atoms with Crippen molar-refractivity contribution in [2.75, 3.05) is 0 Å². The van der Waals surface area contributed by atoms with Gasteiger partial charge in [-0.3, -0.25) is 9.59 Å². The van der Waals surface area contributed by atoms with Crippen molar-refractivity contribution in [1.29, 1.82) is 0 Å². The Balaban J connectivity index is 2.00. The van der Waals surface area contributed by atoms with Crippen LogP contribution in [0.3, 0.4) is 0 Å². The fourth-order valence-corrected chi connectivity index (χ4v) is 3.35. The summed E-state index contributed by atoms with van der Waals surface area (Å²) in [6.07, 6.45) is 0. The SMILES string of the molecule is C[C@@H](NS(=O)(=O)c1ccc(CNC(=O)c2ccc(Cl)cc2)cc1)C(=O)O. The average molecular weight is 397 g/mol. The second kappa shape index (κ2) is 8.31. The van der Waals surface area contributed by atoms with Crippen molar-refractivity contribution in [3.8, 4) is 0 Å². The molecular weight excluding hydrogens is 380 g/mol. The molecule has 3 N–H and O–H groups in total. The van der Waals surface area contributed by atoms with Gasteiger partial charge in [-0.1, -0.05) is 23.7 Å². The zero-order valence-corrected chi connectivity index (χ0v) is 15.3. The van der Waals surface area contributed by atoms with Gasteiger partial charge < -0.3 is 10.4 Å². The quantitative estimate of drug-likeness (QED) is 0.662. The maximum Gasteiger partial charge on any atom is 0.321 e. The van der Waals surface area contributed by atoms with Gasteiger partial charge in [0.15, 0.2) is 0 Å². The second-order valence-corrected chi connectivity index (χ2v) is 7.67. The molecule has 2 aromatic rings. The van der Waals surface area contributed by atoms with Gasteiger partial charge in [-0.05, 0) is 48.9 Å². The smallest absolute Gasteiger partial charge is 0.321 e. The Labute approximate surface area is 156 Å². The van der Waals surface area contributed by atoms with E-state index in [1.165, 1.54) is 19.1 Å². The lowest BCUT2D eigenvalue weighted by Crippen LogP contribution is -2.38. The van der Waals surface area contributed by atoms with Crippen LogP contribution in [0.1, 0.15) is 22.8 Å². The van der Waals surface area contributed by atoms with Gasteiger partial charge in [-0.15, -0.1) is 0 Å². The van der Waals surface area contributed by atoms with Crippen LogP contribution in [0.5, 0.6) is 0 Å². The van der Waals surface area contributed by atoms with E-state index in [1.807, 2.05) is 0 Å². The van der Waals surface area contributed by atoms with Crippen LogP contribution in [0.4, 0.5) is 0 Å². The number of carboxylic acid groups (broad SMARTS) is 1. The summed E-state index contributed by atoms with van der Waals surface area (Å²) in [4.78, 5) is 22.7. The predicted molar refractivity (Wildman–Crippen MR) is 96.5 cm³/mol. The van der Waals surface area contributed by atoms with E-state index in [1.54, 1.807) is 36.4 Å². The van der Waals surface area contributed by atoms with Gasteiger partial charge in [0.25, 0.3) is 5.91 Å². The predicted octanol–water partition coefficient (Wildman–Crippen LogP) is 2.02. The third-order valence-corrected chi connectivity index (χ3v) is 5.30. The number of amides is 1. The van der Waals surface area contributed by atoms with Crippen LogP contribution < -0.4 is 10.0 Å². The zero-order valence-electron chi connectivity index (χ0n) is 13.8. The van der Waals surface area contributed by atoms with Gasteiger partial charge in [-0.25, -0.2) is 8.42 Å². The van der Waals surface area contributed by atoms with E-state index in [0.717, 1.165) is 0 Å². The Morgan fingerprint density at radius 2 is 1.65 bits per heavy atom. The summed E-state index contributed by atoms with van der Waals surface area (Å²) in [5.41, 5.74) is 1.15. The normalized spacial score (nSPS) is 12.4. The number of aliphatic carboxylic acids is 1. The molecular formula is C17H17ClN2O5S. The summed E-state index contributed by atoms with van der Waals surface area (Å²) in [5, 5.41) is 12.0. The molecule has 1 amide bonds. The molecule has 0 fully saturated rings. The maximum atomic E-state index is 12.1. The fourth-order valence-electron chi connectivity index (χ4n) is 2.02. The Morgan fingerprint density at radius 3 is 2.19 bits per heavy atom. The fraction of sp³-hybridized carbons (Fsp3) is 0.176. The second-order valence-electron chi connectivity index (χ2n) is 5.51. The van der Waals surface area contributed by atoms with Gasteiger partial charge in [0.2, 0.25) is 10.0 Å². The highest BCUT2D eigenvalue weighted by Gasteiger charge is 2.21. The van der Waals surface area contributed by atoms with E-state index in [-0.39, 0.29) is 17.3 Å². The topological polar surface area (TPSA) is 113 Å². The molecule has 1 atom stereocenters. The zero-order chi connectivity index (χ0) is 19.3. The lowest BCUT2D eigenvalue weighted by atomic mass is 10.2. The van der Waals surface area contributed by atoms with Crippen LogP contribution in [0.2, 0.25) is 5.02 Å². The molecule has 0 spiro atoms. The Hall–Kier alpha value is -2.42. The number of hydrogen-bond donors (Lipinski definition) is 3. The van der Waals surface area contributed by atoms with E-state index in [0.29, 0.717) is 16.1 Å². The first-order chi connectivity index (χ1) is 12.2. The Kier molecular flexibility index (Phi) is 6.36. The van der Waals surface area contributed by atoms with Crippen molar-refractivity contribution < 1.29 is 23.1 Å². The number of carbonyl (C=O) groups is 2. The van der Waals surface area contributed by atoms with E-state index in [9.17, 15) is 18.0 Å². The number of carbonyl (C=O) groups excluding carboxylic acids is 1. The number of hydrogen-bond acceptors (Lipinski definition) is 4. The van der Waals surface area contributed by atoms with E-state index in [2.05, 4.69) is 10.0 Å². The third-order valence-electron chi connectivity index (χ3n) is 3.50. The van der Waals surface area contributed by atoms with Crippen molar-refractivity contribution >= 4 is 33.5 Å². The number of carboxylic acids is 1. The molecule has 9 heteroatoms. The largest absolute Gasteiger partial charge is 0.480 e. The molecule has 0 aliphatic heterocycles. The number of rotatable bonds is 7. The molecule has 0 bridgehead atoms. The minimum Gasteiger partial charge on any atom is -0.480 e. The standard InChI is InChI=1S/C17H17ClN2O5S/c1-11(17(22)23)20-26(24,25)15-8-2-12(3-9-15)10-19-16(21)13-4-6-14(18)7-5-13/h2-9,11,20H,10H2,1H3,(H,19,21)(H,22,23)/t11-/m1/s1. The lowest BCUT2D eigenvalue weighted by Gasteiger charge is -2.11. The van der Waals surface area contributed by atoms with Gasteiger partial charge in [-0.2, -0.15) is 4.72 Å². The van der Waals surface area contributed by atoms with Gasteiger partial charge in [0.1, 0.15) is 6.04 Å². The molecule has 2 rings (SSSR count). The monoisotopic (exact) mass is 396 g/mol. The van der Waals surface area contributed by atoms with Crippen molar-refractivity contribution in [2.45, 2.75) is 24.4 Å². The van der Waals surface area contributed by atoms with Crippen molar-refractivity contribution in [3.63, 3.8) is 0 Å². The van der Waals surface area contributed by atoms with Gasteiger partial charge in [0, 0.05) is 17.1 Å². The molecule has 7 nitrogen and oxygen atoms in total. The molecule has 26 heavy (non-hydrogen) atoms. The Bertz CT molecular complexity index is 896. The summed E-state index contributed by atoms with van der Waals surface area (Å²) in [5.74, 6) is -1.55. The number of benzene rings is 2. The molecule has 0 aromatic heterocycles. The molecule has 138 valence electrons. The summed E-state index contributed by atoms with van der Waals surface area (Å²) in [7, 11) is -3.93. The van der Waals surface area contributed by atoms with Crippen LogP contribution in [-0.2, 0) is 21.4 Å². The van der Waals surface area contributed by atoms with Crippen molar-refractivity contribution in [1.82, 2.24) is 10.0 Å². The highest BCUT2D eigenvalue weighted by Crippen LogP contribution is 2.12. The molecule has 0 heterocycles. The van der Waals surface area contributed by atoms with Gasteiger partial charge >= 0.3 is 5.97 Å². The Morgan fingerprint density at radius 1 is 1.08 bits per heavy atom. The van der Waals surface area contributed by atoms with Crippen LogP contribution in [0.25, 0.3) is 0 Å². The van der Waals surface area contributed by atoms with E-state index < -0.39 is 22.0 Å². The number of nitrogens with one attached hydrogen (secondary N) is 2. The molecule has 0 saturated carbocycles. The van der Waals surface area contributed by atoms with Gasteiger partial charge in [0.05, 0.1) is 4.90 Å². The van der Waals surface area contributed by atoms with Crippen molar-refractivity contribution in [2.24, 2.45) is 0 Å². The minimum atomic E-state index is -3.93. The molecule has 0 aliphatic carbocycles. The van der Waals surface area contributed by atoms with Crippen molar-refractivity contribution in [3.05, 3.63) is 64.7 Å². The minimum absolute atomic E-state index is 0.0571. The first-order valence-electron chi connectivity index (χ1n) is 7.57. The highest BCUT2D eigenvalue weighted by molar-refractivity contribution is 7.89. The van der Waals surface area contributed by atoms with E-state index in [4.69, 9.17) is 16.7 Å². The molecule has 0 saturated heterocycles. The molecule has 2 aromatic carbocycles. The molecule has 0 aliphatic rings. The summed E-state index contributed by atoms with van der Waals surface area (Å²) in [6.45, 7) is 1.45. The van der Waals surface area contributed by atoms with Crippen LogP contribution in [-0.4, -0.2) is 31.4 Å². The van der Waals surface area contributed by atoms with E-state index >= 15 is 0 Å². The third kappa shape index (κ3) is 5.29. The van der Waals surface area contributed by atoms with Crippen LogP contribution in [0.15, 0.2) is 53.4 Å². The first kappa shape index (κ1) is 19.9. The molecule has 0 radical (unpaired) electrons. The first-order valence-corrected chi connectivity index (χ1v) is 9.43. The summed E-state index contributed by atoms with van der Waals surface area (Å²) in [6, 6.07) is 11.0. The summed E-state index contributed by atoms with van der Waals surface area (Å²) < 4.78 is 26.2. The highest BCUT2D eigenvalue weighted by atomic mass is 35.5.